The van der Waals surface area contributed by atoms with Crippen LogP contribution in [0.25, 0.3) is 0 Å². The Morgan fingerprint density at radius 2 is 1.56 bits per heavy atom. The molecule has 1 unspecified atom stereocenters. The Morgan fingerprint density at radius 1 is 0.926 bits per heavy atom. The van der Waals surface area contributed by atoms with E-state index in [2.05, 4.69) is 72.5 Å². The number of benzene rings is 2. The second-order valence-corrected chi connectivity index (χ2v) is 8.22. The summed E-state index contributed by atoms with van der Waals surface area (Å²) < 4.78 is 0. The molecule has 2 aromatic rings. The van der Waals surface area contributed by atoms with Gasteiger partial charge in [-0.1, -0.05) is 86.8 Å². The van der Waals surface area contributed by atoms with Crippen LogP contribution in [0, 0.1) is 5.92 Å². The smallest absolute Gasteiger partial charge is 0.0233 e. The predicted octanol–water partition coefficient (Wildman–Crippen LogP) is 5.38. The van der Waals surface area contributed by atoms with Crippen molar-refractivity contribution in [2.24, 2.45) is 11.7 Å². The van der Waals surface area contributed by atoms with Gasteiger partial charge in [0.15, 0.2) is 0 Å². The first-order valence-corrected chi connectivity index (χ1v) is 10.8. The zero-order valence-corrected chi connectivity index (χ0v) is 16.9. The molecule has 0 spiro atoms. The van der Waals surface area contributed by atoms with E-state index in [1.165, 1.54) is 62.7 Å². The molecule has 2 heteroatoms. The van der Waals surface area contributed by atoms with Crippen molar-refractivity contribution in [2.45, 2.75) is 57.4 Å². The first-order chi connectivity index (χ1) is 13.3. The number of rotatable bonds is 9. The summed E-state index contributed by atoms with van der Waals surface area (Å²) in [5, 5.41) is 0. The third-order valence-electron chi connectivity index (χ3n) is 6.56. The van der Waals surface area contributed by atoms with Crippen LogP contribution >= 0.6 is 0 Å². The van der Waals surface area contributed by atoms with Crippen molar-refractivity contribution in [3.8, 4) is 0 Å². The van der Waals surface area contributed by atoms with Gasteiger partial charge in [-0.3, -0.25) is 4.90 Å². The van der Waals surface area contributed by atoms with Gasteiger partial charge in [-0.2, -0.15) is 0 Å². The van der Waals surface area contributed by atoms with Crippen LogP contribution in [0.15, 0.2) is 60.7 Å². The van der Waals surface area contributed by atoms with Crippen molar-refractivity contribution >= 4 is 0 Å². The molecule has 2 aromatic carbocycles. The van der Waals surface area contributed by atoms with Crippen molar-refractivity contribution < 1.29 is 0 Å². The van der Waals surface area contributed by atoms with Crippen LogP contribution in [-0.2, 0) is 12.0 Å². The predicted molar refractivity (Wildman–Crippen MR) is 116 cm³/mol. The molecule has 1 aliphatic rings. The van der Waals surface area contributed by atoms with Gasteiger partial charge in [-0.15, -0.1) is 0 Å². The Morgan fingerprint density at radius 3 is 2.15 bits per heavy atom. The number of likely N-dealkylation sites (tertiary alicyclic amines) is 1. The van der Waals surface area contributed by atoms with E-state index in [1.54, 1.807) is 0 Å². The lowest BCUT2D eigenvalue weighted by molar-refractivity contribution is 0.116. The standard InChI is InChI=1S/C25H36N2/c1-2-3-10-17-25(21-26,23-13-8-5-9-14-23)24-15-18-27(19-16-24)20-22-11-6-4-7-12-22/h4-9,11-14,24H,2-3,10,15-21,26H2,1H3. The molecule has 0 bridgehead atoms. The molecule has 1 atom stereocenters. The minimum atomic E-state index is 0.148. The molecule has 146 valence electrons. The minimum absolute atomic E-state index is 0.148. The molecule has 0 amide bonds. The van der Waals surface area contributed by atoms with Crippen LogP contribution in [-0.4, -0.2) is 24.5 Å². The lowest BCUT2D eigenvalue weighted by Crippen LogP contribution is -2.47. The Labute approximate surface area is 165 Å². The third kappa shape index (κ3) is 5.00. The molecule has 3 rings (SSSR count). The largest absolute Gasteiger partial charge is 0.330 e. The molecule has 1 aliphatic heterocycles. The summed E-state index contributed by atoms with van der Waals surface area (Å²) in [4.78, 5) is 2.62. The Hall–Kier alpha value is -1.64. The molecule has 0 aromatic heterocycles. The fraction of sp³-hybridized carbons (Fsp3) is 0.520. The van der Waals surface area contributed by atoms with Crippen LogP contribution in [0.5, 0.6) is 0 Å². The van der Waals surface area contributed by atoms with E-state index in [4.69, 9.17) is 5.73 Å². The number of hydrogen-bond acceptors (Lipinski definition) is 2. The first kappa shape index (κ1) is 20.1. The second kappa shape index (κ2) is 10.1. The molecule has 0 radical (unpaired) electrons. The summed E-state index contributed by atoms with van der Waals surface area (Å²) in [7, 11) is 0. The Bertz CT molecular complexity index is 647. The second-order valence-electron chi connectivity index (χ2n) is 8.22. The highest BCUT2D eigenvalue weighted by molar-refractivity contribution is 5.27. The van der Waals surface area contributed by atoms with E-state index in [9.17, 15) is 0 Å². The van der Waals surface area contributed by atoms with Crippen LogP contribution in [0.1, 0.15) is 56.6 Å². The van der Waals surface area contributed by atoms with E-state index in [-0.39, 0.29) is 5.41 Å². The SMILES string of the molecule is CCCCCC(CN)(c1ccccc1)C1CCN(Cc2ccccc2)CC1. The summed E-state index contributed by atoms with van der Waals surface area (Å²) in [6, 6.07) is 22.0. The van der Waals surface area contributed by atoms with Crippen LogP contribution < -0.4 is 5.73 Å². The fourth-order valence-electron chi connectivity index (χ4n) is 4.92. The van der Waals surface area contributed by atoms with Gasteiger partial charge in [-0.05, 0) is 49.4 Å². The van der Waals surface area contributed by atoms with Gasteiger partial charge in [0.25, 0.3) is 0 Å². The van der Waals surface area contributed by atoms with Crippen molar-refractivity contribution in [1.82, 2.24) is 4.90 Å². The number of nitrogens with two attached hydrogens (primary N) is 1. The van der Waals surface area contributed by atoms with E-state index >= 15 is 0 Å². The maximum atomic E-state index is 6.50. The lowest BCUT2D eigenvalue weighted by Gasteiger charge is -2.45. The van der Waals surface area contributed by atoms with Gasteiger partial charge in [0.05, 0.1) is 0 Å². The zero-order chi connectivity index (χ0) is 19.0. The van der Waals surface area contributed by atoms with Gasteiger partial charge in [0, 0.05) is 18.5 Å². The molecule has 1 saturated heterocycles. The maximum absolute atomic E-state index is 6.50. The Balaban J connectivity index is 1.70. The fourth-order valence-corrected chi connectivity index (χ4v) is 4.92. The highest BCUT2D eigenvalue weighted by atomic mass is 15.1. The minimum Gasteiger partial charge on any atom is -0.330 e. The third-order valence-corrected chi connectivity index (χ3v) is 6.56. The molecule has 2 N–H and O–H groups in total. The number of hydrogen-bond donors (Lipinski definition) is 1. The number of piperidine rings is 1. The summed E-state index contributed by atoms with van der Waals surface area (Å²) in [6.07, 6.45) is 7.60. The molecular formula is C25H36N2. The molecule has 0 saturated carbocycles. The monoisotopic (exact) mass is 364 g/mol. The van der Waals surface area contributed by atoms with Gasteiger partial charge in [-0.25, -0.2) is 0 Å². The molecular weight excluding hydrogens is 328 g/mol. The van der Waals surface area contributed by atoms with Gasteiger partial charge in [0.1, 0.15) is 0 Å². The van der Waals surface area contributed by atoms with Crippen LogP contribution in [0.4, 0.5) is 0 Å². The van der Waals surface area contributed by atoms with E-state index in [1.807, 2.05) is 0 Å². The van der Waals surface area contributed by atoms with Gasteiger partial charge >= 0.3 is 0 Å². The summed E-state index contributed by atoms with van der Waals surface area (Å²) in [5.41, 5.74) is 9.53. The summed E-state index contributed by atoms with van der Waals surface area (Å²) >= 11 is 0. The van der Waals surface area contributed by atoms with Crippen LogP contribution in [0.3, 0.4) is 0 Å². The van der Waals surface area contributed by atoms with Gasteiger partial charge < -0.3 is 5.73 Å². The zero-order valence-electron chi connectivity index (χ0n) is 16.9. The van der Waals surface area contributed by atoms with E-state index in [0.29, 0.717) is 5.92 Å². The quantitative estimate of drug-likeness (QED) is 0.606. The van der Waals surface area contributed by atoms with Crippen molar-refractivity contribution in [1.29, 1.82) is 0 Å². The normalized spacial score (nSPS) is 18.3. The highest BCUT2D eigenvalue weighted by Crippen LogP contribution is 2.42. The summed E-state index contributed by atoms with van der Waals surface area (Å²) in [5.74, 6) is 0.689. The van der Waals surface area contributed by atoms with Crippen molar-refractivity contribution in [3.63, 3.8) is 0 Å². The van der Waals surface area contributed by atoms with Gasteiger partial charge in [0.2, 0.25) is 0 Å². The van der Waals surface area contributed by atoms with E-state index in [0.717, 1.165) is 13.1 Å². The number of unbranched alkanes of at least 4 members (excludes halogenated alkanes) is 2. The maximum Gasteiger partial charge on any atom is 0.0233 e. The van der Waals surface area contributed by atoms with Crippen molar-refractivity contribution in [3.05, 3.63) is 71.8 Å². The first-order valence-electron chi connectivity index (χ1n) is 10.8. The molecule has 0 aliphatic carbocycles. The number of nitrogens with zero attached hydrogens (tertiary/aromatic N) is 1. The Kier molecular flexibility index (Phi) is 7.49. The molecule has 27 heavy (non-hydrogen) atoms. The van der Waals surface area contributed by atoms with Crippen LogP contribution in [0.2, 0.25) is 0 Å². The van der Waals surface area contributed by atoms with Crippen molar-refractivity contribution in [2.75, 3.05) is 19.6 Å². The van der Waals surface area contributed by atoms with E-state index < -0.39 is 0 Å². The highest BCUT2D eigenvalue weighted by Gasteiger charge is 2.40. The average molecular weight is 365 g/mol. The topological polar surface area (TPSA) is 29.3 Å². The molecule has 1 fully saturated rings. The molecule has 1 heterocycles. The summed E-state index contributed by atoms with van der Waals surface area (Å²) in [6.45, 7) is 6.49. The lowest BCUT2D eigenvalue weighted by atomic mass is 9.64. The molecule has 2 nitrogen and oxygen atoms in total. The average Bonchev–Trinajstić information content (AvgIpc) is 2.74.